The maximum Gasteiger partial charge on any atom is 0.292 e. The van der Waals surface area contributed by atoms with E-state index in [4.69, 9.17) is 31.0 Å². The van der Waals surface area contributed by atoms with Gasteiger partial charge in [-0.3, -0.25) is 9.99 Å². The number of benzene rings is 2. The van der Waals surface area contributed by atoms with Gasteiger partial charge < -0.3 is 25.7 Å². The Balaban J connectivity index is 1.21. The van der Waals surface area contributed by atoms with E-state index in [0.29, 0.717) is 23.5 Å². The number of aliphatic imine (C=N–C) groups is 2. The monoisotopic (exact) mass is 550 g/mol. The number of fused-ring (bicyclic) bond motifs is 3. The topological polar surface area (TPSA) is 138 Å². The molecule has 210 valence electrons. The lowest BCUT2D eigenvalue weighted by Gasteiger charge is -2.32. The first kappa shape index (κ1) is 25.6. The van der Waals surface area contributed by atoms with Crippen LogP contribution < -0.4 is 11.5 Å². The van der Waals surface area contributed by atoms with Gasteiger partial charge in [-0.1, -0.05) is 18.2 Å². The van der Waals surface area contributed by atoms with Crippen molar-refractivity contribution in [1.29, 1.82) is 0 Å². The summed E-state index contributed by atoms with van der Waals surface area (Å²) in [5, 5.41) is 9.48. The molecule has 0 amide bonds. The normalized spacial score (nSPS) is 21.5. The summed E-state index contributed by atoms with van der Waals surface area (Å²) in [6.45, 7) is 8.06. The SMILES string of the molecule is Cc1cccc2cc(CN3N=C(c4ccc5oc(N)nc5c4)C4C(N)=NC=NC43)nc(CCN3CCN(C)CC3)c12. The average molecular weight is 551 g/mol. The molecule has 41 heavy (non-hydrogen) atoms. The number of nitrogen functional groups attached to an aromatic ring is 1. The summed E-state index contributed by atoms with van der Waals surface area (Å²) in [7, 11) is 2.19. The molecule has 3 aliphatic rings. The highest BCUT2D eigenvalue weighted by Gasteiger charge is 2.42. The third-order valence-electron chi connectivity index (χ3n) is 8.36. The van der Waals surface area contributed by atoms with E-state index in [0.717, 1.165) is 61.8 Å². The molecule has 2 atom stereocenters. The lowest BCUT2D eigenvalue weighted by molar-refractivity contribution is 0.155. The van der Waals surface area contributed by atoms with Gasteiger partial charge in [0.2, 0.25) is 0 Å². The number of hydrazone groups is 1. The van der Waals surface area contributed by atoms with Crippen LogP contribution in [0, 0.1) is 12.8 Å². The first-order chi connectivity index (χ1) is 19.9. The number of pyridine rings is 1. The highest BCUT2D eigenvalue weighted by Crippen LogP contribution is 2.32. The van der Waals surface area contributed by atoms with Crippen molar-refractivity contribution >= 4 is 45.8 Å². The second kappa shape index (κ2) is 10.2. The quantitative estimate of drug-likeness (QED) is 0.374. The minimum absolute atomic E-state index is 0.134. The Morgan fingerprint density at radius 1 is 1.02 bits per heavy atom. The zero-order valence-electron chi connectivity index (χ0n) is 23.4. The maximum atomic E-state index is 6.43. The van der Waals surface area contributed by atoms with Gasteiger partial charge in [0, 0.05) is 50.1 Å². The second-order valence-corrected chi connectivity index (χ2v) is 11.2. The Bertz CT molecular complexity index is 1720. The van der Waals surface area contributed by atoms with Crippen LogP contribution in [0.15, 0.2) is 62.0 Å². The number of hydrogen-bond donors (Lipinski definition) is 2. The second-order valence-electron chi connectivity index (χ2n) is 11.2. The summed E-state index contributed by atoms with van der Waals surface area (Å²) >= 11 is 0. The minimum atomic E-state index is -0.302. The van der Waals surface area contributed by atoms with Gasteiger partial charge in [0.1, 0.15) is 23.6 Å². The van der Waals surface area contributed by atoms with Crippen molar-refractivity contribution < 1.29 is 4.42 Å². The zero-order valence-corrected chi connectivity index (χ0v) is 23.4. The molecule has 0 saturated carbocycles. The maximum absolute atomic E-state index is 6.43. The Morgan fingerprint density at radius 3 is 2.73 bits per heavy atom. The summed E-state index contributed by atoms with van der Waals surface area (Å²) in [5.41, 5.74) is 18.5. The molecule has 0 bridgehead atoms. The Hall–Kier alpha value is -4.35. The molecule has 1 fully saturated rings. The molecule has 0 spiro atoms. The van der Waals surface area contributed by atoms with Crippen molar-refractivity contribution in [3.05, 3.63) is 65.0 Å². The van der Waals surface area contributed by atoms with Crippen LogP contribution in [-0.2, 0) is 13.0 Å². The van der Waals surface area contributed by atoms with Gasteiger partial charge in [0.15, 0.2) is 11.7 Å². The van der Waals surface area contributed by atoms with E-state index in [2.05, 4.69) is 58.0 Å². The molecule has 2 aromatic heterocycles. The predicted octanol–water partition coefficient (Wildman–Crippen LogP) is 2.62. The molecule has 0 radical (unpaired) electrons. The predicted molar refractivity (Wildman–Crippen MR) is 162 cm³/mol. The molecule has 7 rings (SSSR count). The minimum Gasteiger partial charge on any atom is -0.424 e. The number of amidine groups is 1. The molecule has 5 heterocycles. The molecule has 2 aromatic carbocycles. The zero-order chi connectivity index (χ0) is 28.1. The standard InChI is InChI=1S/C30H34N10O/c1-18-4-3-5-19-14-21(35-22(25(18)19)8-9-39-12-10-38(2)11-13-39)16-40-29-26(28(31)33-17-34-29)27(37-40)20-6-7-24-23(15-20)36-30(32)41-24/h3-7,14-15,17,26,29H,8-13,16H2,1-2H3,(H2,32,36)(H2,31,33,34). The van der Waals surface area contributed by atoms with E-state index in [1.165, 1.54) is 22.7 Å². The summed E-state index contributed by atoms with van der Waals surface area (Å²) in [4.78, 5) is 23.4. The van der Waals surface area contributed by atoms with Crippen LogP contribution in [0.2, 0.25) is 0 Å². The summed E-state index contributed by atoms with van der Waals surface area (Å²) < 4.78 is 5.46. The number of piperazine rings is 1. The smallest absolute Gasteiger partial charge is 0.292 e. The van der Waals surface area contributed by atoms with Crippen LogP contribution in [0.25, 0.3) is 21.9 Å². The van der Waals surface area contributed by atoms with Crippen LogP contribution in [0.4, 0.5) is 6.01 Å². The Kier molecular flexibility index (Phi) is 6.40. The molecule has 11 nitrogen and oxygen atoms in total. The number of likely N-dealkylation sites (N-methyl/N-ethyl adjacent to an activating group) is 1. The Morgan fingerprint density at radius 2 is 1.88 bits per heavy atom. The molecule has 0 aliphatic carbocycles. The first-order valence-corrected chi connectivity index (χ1v) is 14.1. The van der Waals surface area contributed by atoms with Gasteiger partial charge in [-0.05, 0) is 49.2 Å². The fourth-order valence-corrected chi connectivity index (χ4v) is 6.16. The lowest BCUT2D eigenvalue weighted by Crippen LogP contribution is -2.45. The van der Waals surface area contributed by atoms with Crippen molar-refractivity contribution in [3.8, 4) is 0 Å². The summed E-state index contributed by atoms with van der Waals surface area (Å²) in [5.74, 6) is 0.210. The van der Waals surface area contributed by atoms with Crippen LogP contribution in [0.3, 0.4) is 0 Å². The fourth-order valence-electron chi connectivity index (χ4n) is 6.16. The van der Waals surface area contributed by atoms with Gasteiger partial charge >= 0.3 is 0 Å². The van der Waals surface area contributed by atoms with E-state index in [9.17, 15) is 0 Å². The van der Waals surface area contributed by atoms with E-state index < -0.39 is 0 Å². The summed E-state index contributed by atoms with van der Waals surface area (Å²) in [6.07, 6.45) is 2.13. The van der Waals surface area contributed by atoms with Gasteiger partial charge in [-0.2, -0.15) is 10.1 Å². The molecule has 1 saturated heterocycles. The van der Waals surface area contributed by atoms with Crippen LogP contribution in [-0.4, -0.2) is 88.6 Å². The van der Waals surface area contributed by atoms with E-state index in [1.54, 1.807) is 0 Å². The molecule has 4 N–H and O–H groups in total. The van der Waals surface area contributed by atoms with Crippen molar-refractivity contribution in [2.24, 2.45) is 26.7 Å². The number of aryl methyl sites for hydroxylation is 1. The van der Waals surface area contributed by atoms with Gasteiger partial charge in [-0.15, -0.1) is 0 Å². The summed E-state index contributed by atoms with van der Waals surface area (Å²) in [6, 6.07) is 14.5. The third kappa shape index (κ3) is 4.81. The van der Waals surface area contributed by atoms with E-state index in [-0.39, 0.29) is 18.1 Å². The van der Waals surface area contributed by atoms with Gasteiger partial charge in [0.25, 0.3) is 6.01 Å². The van der Waals surface area contributed by atoms with Crippen LogP contribution in [0.5, 0.6) is 0 Å². The highest BCUT2D eigenvalue weighted by atomic mass is 16.4. The molecule has 11 heteroatoms. The molecular weight excluding hydrogens is 516 g/mol. The van der Waals surface area contributed by atoms with Crippen molar-refractivity contribution in [3.63, 3.8) is 0 Å². The first-order valence-electron chi connectivity index (χ1n) is 14.1. The Labute approximate surface area is 238 Å². The van der Waals surface area contributed by atoms with Crippen molar-refractivity contribution in [2.75, 3.05) is 45.5 Å². The van der Waals surface area contributed by atoms with Crippen molar-refractivity contribution in [1.82, 2.24) is 24.8 Å². The number of nitrogens with two attached hydrogens (primary N) is 2. The number of anilines is 1. The van der Waals surface area contributed by atoms with E-state index in [1.807, 2.05) is 23.2 Å². The number of oxazole rings is 1. The molecule has 3 aliphatic heterocycles. The number of aromatic nitrogens is 2. The molecular formula is C30H34N10O. The van der Waals surface area contributed by atoms with Crippen LogP contribution in [0.1, 0.15) is 22.5 Å². The number of hydrogen-bond acceptors (Lipinski definition) is 11. The largest absolute Gasteiger partial charge is 0.424 e. The van der Waals surface area contributed by atoms with Gasteiger partial charge in [0.05, 0.1) is 23.6 Å². The lowest BCUT2D eigenvalue weighted by atomic mass is 9.93. The number of nitrogens with zero attached hydrogens (tertiary/aromatic N) is 8. The number of rotatable bonds is 6. The third-order valence-corrected chi connectivity index (χ3v) is 8.36. The van der Waals surface area contributed by atoms with E-state index >= 15 is 0 Å². The fraction of sp³-hybridized carbons (Fsp3) is 0.367. The average Bonchev–Trinajstić information content (AvgIpc) is 3.52. The molecule has 2 unspecified atom stereocenters. The molecule has 4 aromatic rings. The highest BCUT2D eigenvalue weighted by molar-refractivity contribution is 6.17. The van der Waals surface area contributed by atoms with Crippen molar-refractivity contribution in [2.45, 2.75) is 26.1 Å². The van der Waals surface area contributed by atoms with Crippen LogP contribution >= 0.6 is 0 Å². The van der Waals surface area contributed by atoms with Gasteiger partial charge in [-0.25, -0.2) is 9.98 Å².